The first kappa shape index (κ1) is 48.9. The Labute approximate surface area is 307 Å². The van der Waals surface area contributed by atoms with Gasteiger partial charge in [0.1, 0.15) is 12.7 Å². The Balaban J connectivity index is 4.58. The summed E-state index contributed by atoms with van der Waals surface area (Å²) in [6.45, 7) is 4.35. The number of unbranched alkanes of at least 4 members (excludes halogenated alkanes) is 8. The summed E-state index contributed by atoms with van der Waals surface area (Å²) in [6.07, 6.45) is 28.5. The molecule has 0 rings (SSSR count). The predicted octanol–water partition coefficient (Wildman–Crippen LogP) is 8.21. The molecule has 0 saturated heterocycles. The normalized spacial score (nSPS) is 15.8. The standard InChI is InChI=1S/C39H69O11P/c1-4-6-7-8-9-10-11-12-13-14-15-19-22-26-35(41)27-24-29-38(43)47-32-37(33-49-51(45,46)48-31-36(42)30-40)50-39(44)28-23-20-17-16-18-21-25-34(3)5-2/h9-10,12-13,15,19,22,26,34-37,40-42H,4-8,11,14,16-18,20-21,23-25,27-33H2,1-3H3,(H,45,46)/b10-9-,13-12-,19-15-,26-22+/t34?,35-,36+,37-/m1/s1. The van der Waals surface area contributed by atoms with Crippen molar-refractivity contribution >= 4 is 19.8 Å². The maximum atomic E-state index is 12.5. The SMILES string of the molecule is CCCCC/C=C\C/C=C\C/C=C\C=C\[C@@H](O)CCCC(=O)OC[C@H](COP(=O)(O)OC[C@@H](O)CO)OC(=O)CCCCCCCCC(C)CC. The van der Waals surface area contributed by atoms with Crippen LogP contribution in [0.3, 0.4) is 0 Å². The van der Waals surface area contributed by atoms with Gasteiger partial charge in [0.15, 0.2) is 6.10 Å². The average Bonchev–Trinajstić information content (AvgIpc) is 3.11. The predicted molar refractivity (Wildman–Crippen MR) is 202 cm³/mol. The summed E-state index contributed by atoms with van der Waals surface area (Å²) in [5, 5.41) is 28.5. The van der Waals surface area contributed by atoms with Gasteiger partial charge in [0, 0.05) is 12.8 Å². The molecule has 5 atom stereocenters. The number of hydrogen-bond acceptors (Lipinski definition) is 10. The minimum atomic E-state index is -4.66. The molecular weight excluding hydrogens is 675 g/mol. The molecule has 12 heteroatoms. The lowest BCUT2D eigenvalue weighted by molar-refractivity contribution is -0.161. The van der Waals surface area contributed by atoms with E-state index < -0.39 is 64.5 Å². The fraction of sp³-hybridized carbons (Fsp3) is 0.744. The molecule has 0 aliphatic heterocycles. The van der Waals surface area contributed by atoms with E-state index in [2.05, 4.69) is 49.6 Å². The van der Waals surface area contributed by atoms with E-state index in [0.29, 0.717) is 19.3 Å². The molecule has 0 aliphatic rings. The molecule has 0 heterocycles. The van der Waals surface area contributed by atoms with Crippen molar-refractivity contribution < 1.29 is 52.9 Å². The maximum Gasteiger partial charge on any atom is 0.472 e. The van der Waals surface area contributed by atoms with Gasteiger partial charge in [-0.2, -0.15) is 0 Å². The molecule has 0 fully saturated rings. The lowest BCUT2D eigenvalue weighted by Gasteiger charge is -2.20. The molecule has 0 aromatic carbocycles. The van der Waals surface area contributed by atoms with Crippen LogP contribution in [0.2, 0.25) is 0 Å². The highest BCUT2D eigenvalue weighted by Crippen LogP contribution is 2.43. The van der Waals surface area contributed by atoms with Crippen LogP contribution < -0.4 is 0 Å². The molecule has 2 unspecified atom stereocenters. The number of carbonyl (C=O) groups is 2. The van der Waals surface area contributed by atoms with Crippen molar-refractivity contribution in [1.29, 1.82) is 0 Å². The van der Waals surface area contributed by atoms with Crippen LogP contribution in [-0.2, 0) is 32.7 Å². The molecule has 0 spiro atoms. The van der Waals surface area contributed by atoms with Crippen molar-refractivity contribution in [2.24, 2.45) is 5.92 Å². The number of phosphoric acid groups is 1. The third kappa shape index (κ3) is 33.5. The topological polar surface area (TPSA) is 169 Å². The lowest BCUT2D eigenvalue weighted by Crippen LogP contribution is -2.30. The summed E-state index contributed by atoms with van der Waals surface area (Å²) in [5.74, 6) is -0.387. The number of carbonyl (C=O) groups excluding carboxylic acids is 2. The van der Waals surface area contributed by atoms with E-state index in [0.717, 1.165) is 44.4 Å². The van der Waals surface area contributed by atoms with E-state index in [4.69, 9.17) is 19.1 Å². The Kier molecular flexibility index (Phi) is 32.3. The van der Waals surface area contributed by atoms with Crippen LogP contribution in [0.5, 0.6) is 0 Å². The third-order valence-electron chi connectivity index (χ3n) is 8.13. The molecule has 51 heavy (non-hydrogen) atoms. The molecule has 0 radical (unpaired) electrons. The van der Waals surface area contributed by atoms with Crippen LogP contribution in [0.4, 0.5) is 0 Å². The molecule has 0 saturated carbocycles. The van der Waals surface area contributed by atoms with Crippen molar-refractivity contribution in [2.45, 2.75) is 155 Å². The van der Waals surface area contributed by atoms with E-state index in [1.165, 1.54) is 44.9 Å². The van der Waals surface area contributed by atoms with Crippen LogP contribution in [0, 0.1) is 5.92 Å². The van der Waals surface area contributed by atoms with Gasteiger partial charge in [0.05, 0.1) is 25.9 Å². The number of ether oxygens (including phenoxy) is 2. The van der Waals surface area contributed by atoms with Crippen LogP contribution in [0.1, 0.15) is 136 Å². The zero-order valence-corrected chi connectivity index (χ0v) is 32.5. The van der Waals surface area contributed by atoms with E-state index in [1.54, 1.807) is 12.2 Å². The number of hydrogen-bond donors (Lipinski definition) is 4. The van der Waals surface area contributed by atoms with Gasteiger partial charge in [-0.1, -0.05) is 127 Å². The molecule has 4 N–H and O–H groups in total. The molecule has 0 aromatic rings. The second kappa shape index (κ2) is 33.7. The van der Waals surface area contributed by atoms with Gasteiger partial charge in [-0.15, -0.1) is 0 Å². The summed E-state index contributed by atoms with van der Waals surface area (Å²) in [5.41, 5.74) is 0. The van der Waals surface area contributed by atoms with Crippen molar-refractivity contribution in [2.75, 3.05) is 26.4 Å². The smallest absolute Gasteiger partial charge is 0.462 e. The lowest BCUT2D eigenvalue weighted by atomic mass is 10.00. The van der Waals surface area contributed by atoms with E-state index >= 15 is 0 Å². The maximum absolute atomic E-state index is 12.5. The van der Waals surface area contributed by atoms with E-state index in [9.17, 15) is 29.3 Å². The van der Waals surface area contributed by atoms with Crippen molar-refractivity contribution in [3.63, 3.8) is 0 Å². The minimum Gasteiger partial charge on any atom is -0.462 e. The minimum absolute atomic E-state index is 0.0120. The Morgan fingerprint density at radius 1 is 0.725 bits per heavy atom. The van der Waals surface area contributed by atoms with Crippen LogP contribution >= 0.6 is 7.82 Å². The zero-order valence-electron chi connectivity index (χ0n) is 31.6. The quantitative estimate of drug-likeness (QED) is 0.0165. The number of allylic oxidation sites excluding steroid dienone is 7. The molecule has 11 nitrogen and oxygen atoms in total. The molecule has 0 aliphatic carbocycles. The fourth-order valence-corrected chi connectivity index (χ4v) is 5.51. The van der Waals surface area contributed by atoms with Gasteiger partial charge >= 0.3 is 19.8 Å². The summed E-state index contributed by atoms with van der Waals surface area (Å²) in [6, 6.07) is 0. The highest BCUT2D eigenvalue weighted by atomic mass is 31.2. The van der Waals surface area contributed by atoms with Crippen LogP contribution in [0.25, 0.3) is 0 Å². The number of aliphatic hydroxyl groups is 3. The Hall–Kier alpha value is -2.11. The van der Waals surface area contributed by atoms with Crippen LogP contribution in [-0.4, -0.2) is 76.9 Å². The number of rotatable bonds is 34. The Morgan fingerprint density at radius 2 is 1.37 bits per heavy atom. The monoisotopic (exact) mass is 744 g/mol. The Bertz CT molecular complexity index is 1030. The molecule has 0 bridgehead atoms. The van der Waals surface area contributed by atoms with Gasteiger partial charge in [-0.3, -0.25) is 18.6 Å². The highest BCUT2D eigenvalue weighted by Gasteiger charge is 2.27. The first-order chi connectivity index (χ1) is 24.5. The van der Waals surface area contributed by atoms with Crippen molar-refractivity contribution in [3.8, 4) is 0 Å². The summed E-state index contributed by atoms with van der Waals surface area (Å²) < 4.78 is 32.4. The molecule has 0 aromatic heterocycles. The first-order valence-corrected chi connectivity index (χ1v) is 20.6. The summed E-state index contributed by atoms with van der Waals surface area (Å²) in [4.78, 5) is 34.8. The van der Waals surface area contributed by atoms with E-state index in [-0.39, 0.29) is 12.8 Å². The highest BCUT2D eigenvalue weighted by molar-refractivity contribution is 7.47. The second-order valence-corrected chi connectivity index (χ2v) is 14.5. The molecule has 296 valence electrons. The van der Waals surface area contributed by atoms with Gasteiger partial charge in [0.2, 0.25) is 0 Å². The fourth-order valence-electron chi connectivity index (χ4n) is 4.72. The van der Waals surface area contributed by atoms with Gasteiger partial charge in [0.25, 0.3) is 0 Å². The summed E-state index contributed by atoms with van der Waals surface area (Å²) >= 11 is 0. The van der Waals surface area contributed by atoms with E-state index in [1.807, 2.05) is 12.2 Å². The van der Waals surface area contributed by atoms with Crippen molar-refractivity contribution in [3.05, 3.63) is 48.6 Å². The molecular formula is C39H69O11P. The average molecular weight is 745 g/mol. The van der Waals surface area contributed by atoms with Crippen molar-refractivity contribution in [1.82, 2.24) is 0 Å². The van der Waals surface area contributed by atoms with Gasteiger partial charge < -0.3 is 29.7 Å². The molecule has 0 amide bonds. The number of esters is 2. The summed E-state index contributed by atoms with van der Waals surface area (Å²) in [7, 11) is -4.66. The third-order valence-corrected chi connectivity index (χ3v) is 9.08. The largest absolute Gasteiger partial charge is 0.472 e. The van der Waals surface area contributed by atoms with Gasteiger partial charge in [-0.25, -0.2) is 4.57 Å². The second-order valence-electron chi connectivity index (χ2n) is 13.0. The van der Waals surface area contributed by atoms with Gasteiger partial charge in [-0.05, 0) is 50.9 Å². The Morgan fingerprint density at radius 3 is 2.08 bits per heavy atom. The number of phosphoric ester groups is 1. The van der Waals surface area contributed by atoms with Crippen LogP contribution in [0.15, 0.2) is 48.6 Å². The number of aliphatic hydroxyl groups excluding tert-OH is 3. The first-order valence-electron chi connectivity index (χ1n) is 19.1. The zero-order chi connectivity index (χ0) is 38.0.